The molecule has 7 heteroatoms. The first-order valence-corrected chi connectivity index (χ1v) is 8.65. The van der Waals surface area contributed by atoms with Crippen LogP contribution in [-0.2, 0) is 10.0 Å². The van der Waals surface area contributed by atoms with E-state index in [1.165, 1.54) is 11.3 Å². The van der Waals surface area contributed by atoms with Crippen LogP contribution in [0.3, 0.4) is 0 Å². The molecule has 0 aliphatic rings. The molecule has 1 aromatic carbocycles. The highest BCUT2D eigenvalue weighted by Crippen LogP contribution is 2.18. The highest BCUT2D eigenvalue weighted by molar-refractivity contribution is 9.10. The van der Waals surface area contributed by atoms with Gasteiger partial charge >= 0.3 is 0 Å². The van der Waals surface area contributed by atoms with E-state index in [1.54, 1.807) is 17.5 Å². The fourth-order valence-electron chi connectivity index (χ4n) is 1.39. The van der Waals surface area contributed by atoms with Crippen LogP contribution in [0.25, 0.3) is 0 Å². The lowest BCUT2D eigenvalue weighted by Crippen LogP contribution is -2.27. The Morgan fingerprint density at radius 3 is 2.79 bits per heavy atom. The van der Waals surface area contributed by atoms with E-state index in [4.69, 9.17) is 4.74 Å². The molecule has 0 saturated heterocycles. The third-order valence-electron chi connectivity index (χ3n) is 2.22. The van der Waals surface area contributed by atoms with Crippen LogP contribution in [0.1, 0.15) is 0 Å². The number of sulfonamides is 1. The Morgan fingerprint density at radius 2 is 2.11 bits per heavy atom. The smallest absolute Gasteiger partial charge is 0.250 e. The lowest BCUT2D eigenvalue weighted by molar-refractivity contribution is 0.322. The Hall–Kier alpha value is -0.890. The van der Waals surface area contributed by atoms with Crippen molar-refractivity contribution in [3.8, 4) is 5.75 Å². The van der Waals surface area contributed by atoms with E-state index in [2.05, 4.69) is 20.7 Å². The second-order valence-corrected chi connectivity index (χ2v) is 7.49. The van der Waals surface area contributed by atoms with Crippen LogP contribution in [0.15, 0.2) is 50.5 Å². The summed E-state index contributed by atoms with van der Waals surface area (Å²) in [5.74, 6) is 0.699. The molecule has 2 rings (SSSR count). The Bertz CT molecular complexity index is 626. The van der Waals surface area contributed by atoms with Crippen molar-refractivity contribution in [3.05, 3.63) is 46.3 Å². The summed E-state index contributed by atoms with van der Waals surface area (Å²) in [5.41, 5.74) is 0. The largest absolute Gasteiger partial charge is 0.492 e. The maximum absolute atomic E-state index is 11.8. The monoisotopic (exact) mass is 361 g/mol. The number of rotatable bonds is 6. The van der Waals surface area contributed by atoms with Gasteiger partial charge in [0.25, 0.3) is 0 Å². The second kappa shape index (κ2) is 6.51. The lowest BCUT2D eigenvalue weighted by atomic mass is 10.3. The van der Waals surface area contributed by atoms with E-state index in [9.17, 15) is 8.42 Å². The molecule has 1 aromatic heterocycles. The van der Waals surface area contributed by atoms with Crippen LogP contribution < -0.4 is 9.46 Å². The average Bonchev–Trinajstić information content (AvgIpc) is 2.89. The van der Waals surface area contributed by atoms with Gasteiger partial charge < -0.3 is 4.74 Å². The maximum Gasteiger partial charge on any atom is 0.250 e. The topological polar surface area (TPSA) is 55.4 Å². The van der Waals surface area contributed by atoms with E-state index in [0.29, 0.717) is 9.96 Å². The van der Waals surface area contributed by atoms with Crippen LogP contribution in [0, 0.1) is 0 Å². The Kier molecular flexibility index (Phi) is 4.98. The molecule has 0 saturated carbocycles. The van der Waals surface area contributed by atoms with Gasteiger partial charge in [0.15, 0.2) is 0 Å². The van der Waals surface area contributed by atoms with E-state index >= 15 is 0 Å². The normalized spacial score (nSPS) is 11.4. The number of thiophene rings is 1. The fraction of sp³-hybridized carbons (Fsp3) is 0.167. The molecule has 2 aromatic rings. The van der Waals surface area contributed by atoms with Gasteiger partial charge in [-0.05, 0) is 29.6 Å². The first kappa shape index (κ1) is 14.5. The summed E-state index contributed by atoms with van der Waals surface area (Å²) in [5, 5.41) is 1.73. The molecule has 1 N–H and O–H groups in total. The van der Waals surface area contributed by atoms with Gasteiger partial charge in [-0.15, -0.1) is 11.3 Å². The van der Waals surface area contributed by atoms with Crippen molar-refractivity contribution < 1.29 is 13.2 Å². The lowest BCUT2D eigenvalue weighted by Gasteiger charge is -2.07. The third-order valence-corrected chi connectivity index (χ3v) is 5.57. The van der Waals surface area contributed by atoms with Gasteiger partial charge in [0.2, 0.25) is 10.0 Å². The van der Waals surface area contributed by atoms with Crippen molar-refractivity contribution in [1.29, 1.82) is 0 Å². The van der Waals surface area contributed by atoms with Crippen molar-refractivity contribution in [2.75, 3.05) is 13.2 Å². The molecule has 0 aliphatic carbocycles. The van der Waals surface area contributed by atoms with Crippen molar-refractivity contribution in [2.45, 2.75) is 4.21 Å². The summed E-state index contributed by atoms with van der Waals surface area (Å²) >= 11 is 4.53. The minimum atomic E-state index is -3.40. The molecule has 0 spiro atoms. The Morgan fingerprint density at radius 1 is 1.26 bits per heavy atom. The van der Waals surface area contributed by atoms with Gasteiger partial charge in [-0.3, -0.25) is 0 Å². The quantitative estimate of drug-likeness (QED) is 0.804. The molecule has 4 nitrogen and oxygen atoms in total. The standard InChI is InChI=1S/C12H12BrNO3S2/c13-10-3-1-4-11(9-10)17-7-6-14-19(15,16)12-5-2-8-18-12/h1-5,8-9,14H,6-7H2. The molecule has 1 heterocycles. The molecule has 0 bridgehead atoms. The van der Waals surface area contributed by atoms with E-state index in [1.807, 2.05) is 24.3 Å². The molecule has 0 radical (unpaired) electrons. The van der Waals surface area contributed by atoms with Gasteiger partial charge in [0.1, 0.15) is 16.6 Å². The zero-order valence-electron chi connectivity index (χ0n) is 9.87. The SMILES string of the molecule is O=S(=O)(NCCOc1cccc(Br)c1)c1cccs1. The number of benzene rings is 1. The van der Waals surface area contributed by atoms with Crippen molar-refractivity contribution in [3.63, 3.8) is 0 Å². The van der Waals surface area contributed by atoms with Crippen molar-refractivity contribution in [1.82, 2.24) is 4.72 Å². The summed E-state index contributed by atoms with van der Waals surface area (Å²) in [4.78, 5) is 0. The summed E-state index contributed by atoms with van der Waals surface area (Å²) in [6.45, 7) is 0.508. The molecular weight excluding hydrogens is 350 g/mol. The van der Waals surface area contributed by atoms with E-state index in [0.717, 1.165) is 4.47 Å². The number of hydrogen-bond acceptors (Lipinski definition) is 4. The average molecular weight is 362 g/mol. The van der Waals surface area contributed by atoms with Gasteiger partial charge in [0.05, 0.1) is 0 Å². The first-order chi connectivity index (χ1) is 9.08. The zero-order chi connectivity index (χ0) is 13.7. The molecule has 102 valence electrons. The third kappa shape index (κ3) is 4.31. The second-order valence-electron chi connectivity index (χ2n) is 3.64. The number of halogens is 1. The van der Waals surface area contributed by atoms with Crippen LogP contribution in [0.5, 0.6) is 5.75 Å². The van der Waals surface area contributed by atoms with Gasteiger partial charge in [0, 0.05) is 11.0 Å². The molecule has 0 aliphatic heterocycles. The minimum Gasteiger partial charge on any atom is -0.492 e. The summed E-state index contributed by atoms with van der Waals surface area (Å²) in [7, 11) is -3.40. The Balaban J connectivity index is 1.81. The van der Waals surface area contributed by atoms with Crippen molar-refractivity contribution in [2.24, 2.45) is 0 Å². The van der Waals surface area contributed by atoms with Gasteiger partial charge in [-0.25, -0.2) is 13.1 Å². The van der Waals surface area contributed by atoms with Crippen LogP contribution in [-0.4, -0.2) is 21.6 Å². The molecule has 0 unspecified atom stereocenters. The number of ether oxygens (including phenoxy) is 1. The number of hydrogen-bond donors (Lipinski definition) is 1. The molecule has 0 amide bonds. The molecular formula is C12H12BrNO3S2. The first-order valence-electron chi connectivity index (χ1n) is 5.49. The Labute approximate surface area is 124 Å². The predicted molar refractivity (Wildman–Crippen MR) is 79.1 cm³/mol. The van der Waals surface area contributed by atoms with E-state index in [-0.39, 0.29) is 13.2 Å². The summed E-state index contributed by atoms with van der Waals surface area (Å²) in [6, 6.07) is 10.7. The highest BCUT2D eigenvalue weighted by Gasteiger charge is 2.13. The fourth-order valence-corrected chi connectivity index (χ4v) is 3.82. The molecule has 0 fully saturated rings. The van der Waals surface area contributed by atoms with Crippen LogP contribution in [0.2, 0.25) is 0 Å². The minimum absolute atomic E-state index is 0.229. The summed E-state index contributed by atoms with van der Waals surface area (Å²) < 4.78 is 32.8. The maximum atomic E-state index is 11.8. The number of nitrogens with one attached hydrogen (secondary N) is 1. The highest BCUT2D eigenvalue weighted by atomic mass is 79.9. The molecule has 0 atom stereocenters. The van der Waals surface area contributed by atoms with Crippen LogP contribution >= 0.6 is 27.3 Å². The molecule has 19 heavy (non-hydrogen) atoms. The zero-order valence-corrected chi connectivity index (χ0v) is 13.1. The summed E-state index contributed by atoms with van der Waals surface area (Å²) in [6.07, 6.45) is 0. The van der Waals surface area contributed by atoms with E-state index < -0.39 is 10.0 Å². The van der Waals surface area contributed by atoms with Gasteiger partial charge in [-0.1, -0.05) is 28.1 Å². The van der Waals surface area contributed by atoms with Crippen LogP contribution in [0.4, 0.5) is 0 Å². The van der Waals surface area contributed by atoms with Gasteiger partial charge in [-0.2, -0.15) is 0 Å². The predicted octanol–water partition coefficient (Wildman–Crippen LogP) is 2.87. The van der Waals surface area contributed by atoms with Crippen molar-refractivity contribution >= 4 is 37.3 Å².